The Morgan fingerprint density at radius 3 is 2.92 bits per heavy atom. The van der Waals surface area contributed by atoms with Crippen LogP contribution in [0.5, 0.6) is 0 Å². The van der Waals surface area contributed by atoms with Crippen LogP contribution in [-0.4, -0.2) is 6.04 Å². The zero-order valence-corrected chi connectivity index (χ0v) is 10.2. The van der Waals surface area contributed by atoms with Crippen LogP contribution >= 0.6 is 38.5 Å². The van der Waals surface area contributed by atoms with Gasteiger partial charge in [-0.3, -0.25) is 0 Å². The summed E-state index contributed by atoms with van der Waals surface area (Å²) in [4.78, 5) is 0. The minimum absolute atomic E-state index is 0.328. The van der Waals surface area contributed by atoms with E-state index in [1.165, 1.54) is 19.2 Å². The Kier molecular flexibility index (Phi) is 2.44. The highest BCUT2D eigenvalue weighted by Crippen LogP contribution is 2.31. The van der Waals surface area contributed by atoms with Gasteiger partial charge < -0.3 is 5.73 Å². The molecule has 1 atom stereocenters. The number of fused-ring (bicyclic) bond motifs is 1. The summed E-state index contributed by atoms with van der Waals surface area (Å²) in [5, 5.41) is 0. The summed E-state index contributed by atoms with van der Waals surface area (Å²) >= 11 is 5.93. The Hall–Kier alpha value is 0.390. The fraction of sp³-hybridized carbons (Fsp3) is 0.333. The Morgan fingerprint density at radius 2 is 2.17 bits per heavy atom. The van der Waals surface area contributed by atoms with Gasteiger partial charge in [-0.1, -0.05) is 6.07 Å². The first kappa shape index (κ1) is 8.97. The number of hydrogen-bond acceptors (Lipinski definition) is 1. The van der Waals surface area contributed by atoms with Gasteiger partial charge in [-0.15, -0.1) is 0 Å². The quantitative estimate of drug-likeness (QED) is 0.723. The molecule has 12 heavy (non-hydrogen) atoms. The van der Waals surface area contributed by atoms with Crippen molar-refractivity contribution in [3.05, 3.63) is 31.3 Å². The molecule has 0 spiro atoms. The van der Waals surface area contributed by atoms with Gasteiger partial charge in [0.15, 0.2) is 0 Å². The van der Waals surface area contributed by atoms with Gasteiger partial charge in [0.2, 0.25) is 0 Å². The minimum atomic E-state index is 0.328. The third-order valence-electron chi connectivity index (χ3n) is 2.24. The van der Waals surface area contributed by atoms with Crippen LogP contribution < -0.4 is 5.73 Å². The zero-order valence-electron chi connectivity index (χ0n) is 6.48. The maximum Gasteiger partial charge on any atom is 0.0344 e. The smallest absolute Gasteiger partial charge is 0.0344 e. The lowest BCUT2D eigenvalue weighted by Gasteiger charge is -2.03. The molecular formula is C9H9BrIN. The van der Waals surface area contributed by atoms with Gasteiger partial charge in [-0.05, 0) is 68.6 Å². The maximum atomic E-state index is 5.88. The molecule has 0 aliphatic heterocycles. The van der Waals surface area contributed by atoms with E-state index in [0.29, 0.717) is 6.04 Å². The van der Waals surface area contributed by atoms with Gasteiger partial charge in [-0.2, -0.15) is 0 Å². The molecule has 1 aliphatic carbocycles. The van der Waals surface area contributed by atoms with Crippen molar-refractivity contribution < 1.29 is 0 Å². The van der Waals surface area contributed by atoms with E-state index in [2.05, 4.69) is 50.7 Å². The van der Waals surface area contributed by atoms with Crippen molar-refractivity contribution in [2.45, 2.75) is 18.9 Å². The summed E-state index contributed by atoms with van der Waals surface area (Å²) in [6.45, 7) is 0. The summed E-state index contributed by atoms with van der Waals surface area (Å²) in [5.41, 5.74) is 8.70. The largest absolute Gasteiger partial charge is 0.327 e. The third-order valence-corrected chi connectivity index (χ3v) is 4.79. The fourth-order valence-electron chi connectivity index (χ4n) is 1.66. The second-order valence-electron chi connectivity index (χ2n) is 3.17. The first-order valence-electron chi connectivity index (χ1n) is 3.90. The first-order valence-corrected chi connectivity index (χ1v) is 5.77. The van der Waals surface area contributed by atoms with Gasteiger partial charge in [0.05, 0.1) is 0 Å². The number of hydrogen-bond donors (Lipinski definition) is 1. The average Bonchev–Trinajstić information content (AvgIpc) is 2.39. The van der Waals surface area contributed by atoms with Crippen LogP contribution in [-0.2, 0) is 12.8 Å². The molecule has 0 aromatic heterocycles. The van der Waals surface area contributed by atoms with Crippen molar-refractivity contribution in [3.63, 3.8) is 0 Å². The number of halogens is 2. The summed E-state index contributed by atoms with van der Waals surface area (Å²) in [5.74, 6) is 0. The van der Waals surface area contributed by atoms with Crippen molar-refractivity contribution in [3.8, 4) is 0 Å². The summed E-state index contributed by atoms with van der Waals surface area (Å²) in [6, 6.07) is 4.66. The molecule has 0 amide bonds. The fourth-order valence-corrected chi connectivity index (χ4v) is 2.72. The lowest BCUT2D eigenvalue weighted by Crippen LogP contribution is -2.19. The molecule has 1 aromatic rings. The highest BCUT2D eigenvalue weighted by Gasteiger charge is 2.20. The topological polar surface area (TPSA) is 26.0 Å². The minimum Gasteiger partial charge on any atom is -0.327 e. The van der Waals surface area contributed by atoms with Gasteiger partial charge in [0, 0.05) is 14.1 Å². The Morgan fingerprint density at radius 1 is 1.42 bits per heavy atom. The standard InChI is InChI=1S/C9H9BrIN/c10-9-7-4-6(12)3-5(7)1-2-8(9)11/h1-2,6H,3-4,12H2. The van der Waals surface area contributed by atoms with Gasteiger partial charge in [-0.25, -0.2) is 0 Å². The monoisotopic (exact) mass is 337 g/mol. The highest BCUT2D eigenvalue weighted by atomic mass is 127. The molecule has 3 heteroatoms. The summed E-state index contributed by atoms with van der Waals surface area (Å²) < 4.78 is 2.52. The van der Waals surface area contributed by atoms with Crippen molar-refractivity contribution in [1.29, 1.82) is 0 Å². The van der Waals surface area contributed by atoms with E-state index in [4.69, 9.17) is 5.73 Å². The molecule has 1 aromatic carbocycles. The zero-order chi connectivity index (χ0) is 8.72. The molecule has 1 unspecified atom stereocenters. The lowest BCUT2D eigenvalue weighted by molar-refractivity contribution is 0.720. The normalized spacial score (nSPS) is 21.1. The molecule has 1 nitrogen and oxygen atoms in total. The molecular weight excluding hydrogens is 329 g/mol. The average molecular weight is 338 g/mol. The predicted octanol–water partition coefficient (Wildman–Crippen LogP) is 2.48. The molecule has 0 saturated carbocycles. The molecule has 0 bridgehead atoms. The van der Waals surface area contributed by atoms with Crippen LogP contribution in [0.25, 0.3) is 0 Å². The second kappa shape index (κ2) is 3.27. The summed E-state index contributed by atoms with van der Waals surface area (Å²) in [6.07, 6.45) is 2.05. The van der Waals surface area contributed by atoms with Gasteiger partial charge >= 0.3 is 0 Å². The van der Waals surface area contributed by atoms with Crippen molar-refractivity contribution in [1.82, 2.24) is 0 Å². The SMILES string of the molecule is NC1Cc2ccc(I)c(Br)c2C1. The van der Waals surface area contributed by atoms with E-state index >= 15 is 0 Å². The van der Waals surface area contributed by atoms with E-state index in [-0.39, 0.29) is 0 Å². The van der Waals surface area contributed by atoms with Gasteiger partial charge in [0.1, 0.15) is 0 Å². The van der Waals surface area contributed by atoms with E-state index < -0.39 is 0 Å². The molecule has 1 aliphatic rings. The van der Waals surface area contributed by atoms with Crippen molar-refractivity contribution in [2.75, 3.05) is 0 Å². The molecule has 64 valence electrons. The molecule has 0 fully saturated rings. The van der Waals surface area contributed by atoms with Crippen molar-refractivity contribution >= 4 is 38.5 Å². The van der Waals surface area contributed by atoms with E-state index in [1.54, 1.807) is 0 Å². The van der Waals surface area contributed by atoms with Crippen LogP contribution in [0.4, 0.5) is 0 Å². The molecule has 2 N–H and O–H groups in total. The third kappa shape index (κ3) is 1.42. The van der Waals surface area contributed by atoms with E-state index in [0.717, 1.165) is 12.8 Å². The van der Waals surface area contributed by atoms with Crippen LogP contribution in [0.15, 0.2) is 16.6 Å². The molecule has 2 rings (SSSR count). The van der Waals surface area contributed by atoms with E-state index in [1.807, 2.05) is 0 Å². The number of rotatable bonds is 0. The lowest BCUT2D eigenvalue weighted by atomic mass is 10.1. The number of benzene rings is 1. The predicted molar refractivity (Wildman–Crippen MR) is 62.2 cm³/mol. The Bertz CT molecular complexity index is 325. The maximum absolute atomic E-state index is 5.88. The van der Waals surface area contributed by atoms with Crippen LogP contribution in [0.1, 0.15) is 11.1 Å². The number of nitrogens with two attached hydrogens (primary N) is 1. The Labute approximate surface area is 94.0 Å². The molecule has 0 heterocycles. The summed E-state index contributed by atoms with van der Waals surface area (Å²) in [7, 11) is 0. The second-order valence-corrected chi connectivity index (χ2v) is 5.12. The molecule has 0 saturated heterocycles. The van der Waals surface area contributed by atoms with E-state index in [9.17, 15) is 0 Å². The van der Waals surface area contributed by atoms with Crippen LogP contribution in [0.2, 0.25) is 0 Å². The van der Waals surface area contributed by atoms with Crippen LogP contribution in [0.3, 0.4) is 0 Å². The Balaban J connectivity index is 2.54. The van der Waals surface area contributed by atoms with Crippen molar-refractivity contribution in [2.24, 2.45) is 5.73 Å². The highest BCUT2D eigenvalue weighted by molar-refractivity contribution is 14.1. The van der Waals surface area contributed by atoms with Crippen LogP contribution in [0, 0.1) is 3.57 Å². The van der Waals surface area contributed by atoms with Gasteiger partial charge in [0.25, 0.3) is 0 Å². The first-order chi connectivity index (χ1) is 5.68. The molecule has 0 radical (unpaired) electrons.